The molecule has 1 aliphatic heterocycles. The lowest BCUT2D eigenvalue weighted by Gasteiger charge is -2.44. The molecule has 1 aromatic rings. The second kappa shape index (κ2) is 5.34. The van der Waals surface area contributed by atoms with Crippen molar-refractivity contribution in [3.63, 3.8) is 0 Å². The van der Waals surface area contributed by atoms with Gasteiger partial charge in [0.05, 0.1) is 0 Å². The SMILES string of the molecule is O=C(c1n[nH]c2c1CCC2)N1CCSC2(CCCCC2)C1. The molecule has 2 fully saturated rings. The molecule has 0 bridgehead atoms. The topological polar surface area (TPSA) is 49.0 Å². The summed E-state index contributed by atoms with van der Waals surface area (Å²) in [5.74, 6) is 1.25. The summed E-state index contributed by atoms with van der Waals surface area (Å²) in [5, 5.41) is 7.40. The Morgan fingerprint density at radius 2 is 2.05 bits per heavy atom. The van der Waals surface area contributed by atoms with E-state index in [-0.39, 0.29) is 5.91 Å². The lowest BCUT2D eigenvalue weighted by Crippen LogP contribution is -2.50. The van der Waals surface area contributed by atoms with Crippen LogP contribution in [0.1, 0.15) is 60.3 Å². The zero-order valence-electron chi connectivity index (χ0n) is 12.5. The van der Waals surface area contributed by atoms with Gasteiger partial charge < -0.3 is 4.90 Å². The lowest BCUT2D eigenvalue weighted by atomic mass is 9.87. The molecule has 114 valence electrons. The number of carbonyl (C=O) groups is 1. The molecule has 2 aliphatic carbocycles. The Bertz CT molecular complexity index is 542. The molecule has 21 heavy (non-hydrogen) atoms. The van der Waals surface area contributed by atoms with E-state index in [1.54, 1.807) is 0 Å². The average Bonchev–Trinajstić information content (AvgIpc) is 3.10. The van der Waals surface area contributed by atoms with Crippen molar-refractivity contribution in [1.29, 1.82) is 0 Å². The van der Waals surface area contributed by atoms with Crippen molar-refractivity contribution >= 4 is 17.7 Å². The average molecular weight is 305 g/mol. The van der Waals surface area contributed by atoms with E-state index >= 15 is 0 Å². The molecule has 1 saturated heterocycles. The van der Waals surface area contributed by atoms with Gasteiger partial charge in [-0.15, -0.1) is 0 Å². The number of thioether (sulfide) groups is 1. The summed E-state index contributed by atoms with van der Waals surface area (Å²) in [7, 11) is 0. The van der Waals surface area contributed by atoms with E-state index in [1.165, 1.54) is 43.4 Å². The predicted molar refractivity (Wildman–Crippen MR) is 84.8 cm³/mol. The highest BCUT2D eigenvalue weighted by molar-refractivity contribution is 8.00. The third-order valence-electron chi connectivity index (χ3n) is 5.31. The molecular weight excluding hydrogens is 282 g/mol. The molecule has 1 aromatic heterocycles. The van der Waals surface area contributed by atoms with Crippen molar-refractivity contribution < 1.29 is 4.79 Å². The van der Waals surface area contributed by atoms with Gasteiger partial charge in [0.1, 0.15) is 0 Å². The standard InChI is InChI=1S/C16H23N3OS/c20-15(14-12-5-4-6-13(12)17-18-14)19-9-10-21-16(11-19)7-2-1-3-8-16/h1-11H2,(H,17,18). The summed E-state index contributed by atoms with van der Waals surface area (Å²) in [4.78, 5) is 15.0. The van der Waals surface area contributed by atoms with Gasteiger partial charge in [-0.3, -0.25) is 9.89 Å². The second-order valence-electron chi connectivity index (χ2n) is 6.70. The van der Waals surface area contributed by atoms with Gasteiger partial charge in [0, 0.05) is 34.8 Å². The van der Waals surface area contributed by atoms with Crippen LogP contribution in [0.4, 0.5) is 0 Å². The first-order valence-electron chi connectivity index (χ1n) is 8.27. The van der Waals surface area contributed by atoms with E-state index in [9.17, 15) is 4.79 Å². The highest BCUT2D eigenvalue weighted by Gasteiger charge is 2.39. The van der Waals surface area contributed by atoms with Crippen molar-refractivity contribution in [2.24, 2.45) is 0 Å². The summed E-state index contributed by atoms with van der Waals surface area (Å²) in [6, 6.07) is 0. The third-order valence-corrected chi connectivity index (χ3v) is 6.85. The first kappa shape index (κ1) is 13.7. The highest BCUT2D eigenvalue weighted by Crippen LogP contribution is 2.43. The lowest BCUT2D eigenvalue weighted by molar-refractivity contribution is 0.0723. The Morgan fingerprint density at radius 3 is 2.90 bits per heavy atom. The minimum absolute atomic E-state index is 0.166. The van der Waals surface area contributed by atoms with Gasteiger partial charge in [0.15, 0.2) is 5.69 Å². The number of carbonyl (C=O) groups excluding carboxylic acids is 1. The van der Waals surface area contributed by atoms with Crippen LogP contribution >= 0.6 is 11.8 Å². The Hall–Kier alpha value is -0.970. The fraction of sp³-hybridized carbons (Fsp3) is 0.750. The monoisotopic (exact) mass is 305 g/mol. The van der Waals surface area contributed by atoms with Crippen molar-refractivity contribution in [3.05, 3.63) is 17.0 Å². The Kier molecular flexibility index (Phi) is 3.48. The van der Waals surface area contributed by atoms with E-state index in [1.807, 2.05) is 0 Å². The molecule has 0 radical (unpaired) electrons. The molecule has 3 aliphatic rings. The number of amides is 1. The molecule has 1 spiro atoms. The number of rotatable bonds is 1. The molecular formula is C16H23N3OS. The predicted octanol–water partition coefficient (Wildman–Crippen LogP) is 2.79. The number of nitrogens with one attached hydrogen (secondary N) is 1. The fourth-order valence-electron chi connectivity index (χ4n) is 4.16. The largest absolute Gasteiger partial charge is 0.335 e. The zero-order valence-corrected chi connectivity index (χ0v) is 13.3. The number of hydrogen-bond acceptors (Lipinski definition) is 3. The van der Waals surface area contributed by atoms with Gasteiger partial charge in [-0.05, 0) is 32.1 Å². The van der Waals surface area contributed by atoms with E-state index in [0.717, 1.165) is 38.1 Å². The quantitative estimate of drug-likeness (QED) is 0.868. The van der Waals surface area contributed by atoms with Gasteiger partial charge in [0.25, 0.3) is 5.91 Å². The van der Waals surface area contributed by atoms with E-state index < -0.39 is 0 Å². The van der Waals surface area contributed by atoms with Crippen molar-refractivity contribution in [1.82, 2.24) is 15.1 Å². The molecule has 4 rings (SSSR count). The Morgan fingerprint density at radius 1 is 1.19 bits per heavy atom. The molecule has 0 aromatic carbocycles. The molecule has 1 N–H and O–H groups in total. The molecule has 0 unspecified atom stereocenters. The van der Waals surface area contributed by atoms with Crippen LogP contribution in [0.25, 0.3) is 0 Å². The van der Waals surface area contributed by atoms with Crippen LogP contribution < -0.4 is 0 Å². The second-order valence-corrected chi connectivity index (χ2v) is 8.26. The number of H-pyrrole nitrogens is 1. The van der Waals surface area contributed by atoms with Crippen LogP contribution in [0, 0.1) is 0 Å². The number of hydrogen-bond donors (Lipinski definition) is 1. The van der Waals surface area contributed by atoms with Gasteiger partial charge in [-0.25, -0.2) is 0 Å². The van der Waals surface area contributed by atoms with Crippen LogP contribution in [-0.4, -0.2) is 44.6 Å². The molecule has 1 saturated carbocycles. The first-order chi connectivity index (χ1) is 10.3. The smallest absolute Gasteiger partial charge is 0.274 e. The van der Waals surface area contributed by atoms with Crippen LogP contribution in [0.15, 0.2) is 0 Å². The Labute approximate surface area is 130 Å². The summed E-state index contributed by atoms with van der Waals surface area (Å²) < 4.78 is 0.339. The highest BCUT2D eigenvalue weighted by atomic mass is 32.2. The maximum Gasteiger partial charge on any atom is 0.274 e. The summed E-state index contributed by atoms with van der Waals surface area (Å²) >= 11 is 2.11. The third kappa shape index (κ3) is 2.39. The molecule has 2 heterocycles. The van der Waals surface area contributed by atoms with Crippen molar-refractivity contribution in [2.45, 2.75) is 56.1 Å². The number of fused-ring (bicyclic) bond motifs is 1. The van der Waals surface area contributed by atoms with Gasteiger partial charge in [-0.1, -0.05) is 19.3 Å². The van der Waals surface area contributed by atoms with Gasteiger partial charge >= 0.3 is 0 Å². The number of aryl methyl sites for hydroxylation is 1. The maximum absolute atomic E-state index is 12.9. The van der Waals surface area contributed by atoms with Gasteiger partial charge in [0.2, 0.25) is 0 Å². The number of aromatic amines is 1. The zero-order chi connectivity index (χ0) is 14.3. The summed E-state index contributed by atoms with van der Waals surface area (Å²) in [5.41, 5.74) is 3.09. The van der Waals surface area contributed by atoms with Crippen LogP contribution in [0.5, 0.6) is 0 Å². The number of aromatic nitrogens is 2. The summed E-state index contributed by atoms with van der Waals surface area (Å²) in [6.07, 6.45) is 9.79. The van der Waals surface area contributed by atoms with Crippen molar-refractivity contribution in [3.8, 4) is 0 Å². The number of nitrogens with zero attached hydrogens (tertiary/aromatic N) is 2. The van der Waals surface area contributed by atoms with Crippen LogP contribution in [-0.2, 0) is 12.8 Å². The van der Waals surface area contributed by atoms with E-state index in [2.05, 4.69) is 26.9 Å². The molecule has 1 amide bonds. The first-order valence-corrected chi connectivity index (χ1v) is 9.25. The molecule has 5 heteroatoms. The van der Waals surface area contributed by atoms with Crippen LogP contribution in [0.2, 0.25) is 0 Å². The van der Waals surface area contributed by atoms with E-state index in [4.69, 9.17) is 0 Å². The molecule has 4 nitrogen and oxygen atoms in total. The minimum Gasteiger partial charge on any atom is -0.335 e. The van der Waals surface area contributed by atoms with Crippen molar-refractivity contribution in [2.75, 3.05) is 18.8 Å². The fourth-order valence-corrected chi connectivity index (χ4v) is 5.73. The maximum atomic E-state index is 12.9. The minimum atomic E-state index is 0.166. The molecule has 0 atom stereocenters. The normalized spacial score (nSPS) is 24.3. The van der Waals surface area contributed by atoms with Crippen LogP contribution in [0.3, 0.4) is 0 Å². The van der Waals surface area contributed by atoms with E-state index in [0.29, 0.717) is 10.4 Å². The Balaban J connectivity index is 1.53. The van der Waals surface area contributed by atoms with Gasteiger partial charge in [-0.2, -0.15) is 16.9 Å². The summed E-state index contributed by atoms with van der Waals surface area (Å²) in [6.45, 7) is 1.81.